The van der Waals surface area contributed by atoms with E-state index >= 15 is 0 Å². The molecule has 5 N–H and O–H groups in total. The van der Waals surface area contributed by atoms with E-state index in [1.165, 1.54) is 0 Å². The van der Waals surface area contributed by atoms with Gasteiger partial charge in [-0.25, -0.2) is 0 Å². The molecule has 1 aromatic heterocycles. The van der Waals surface area contributed by atoms with Gasteiger partial charge in [0.05, 0.1) is 0 Å². The standard InChI is InChI=1S/C11H18N4O/c1-2-8(3-5-12)15-9-4-6-14-10(7-9)11(13)16/h4,6-8H,2-3,5,12H2,1H3,(H2,13,16)(H,14,15). The highest BCUT2D eigenvalue weighted by Crippen LogP contribution is 2.11. The zero-order valence-corrected chi connectivity index (χ0v) is 9.44. The van der Waals surface area contributed by atoms with Crippen LogP contribution in [0.4, 0.5) is 5.69 Å². The molecule has 16 heavy (non-hydrogen) atoms. The maximum atomic E-state index is 10.9. The van der Waals surface area contributed by atoms with E-state index in [0.717, 1.165) is 18.5 Å². The highest BCUT2D eigenvalue weighted by atomic mass is 16.1. The molecule has 0 radical (unpaired) electrons. The lowest BCUT2D eigenvalue weighted by Gasteiger charge is -2.17. The first-order valence-electron chi connectivity index (χ1n) is 5.39. The smallest absolute Gasteiger partial charge is 0.267 e. The number of hydrogen-bond acceptors (Lipinski definition) is 4. The molecule has 0 aliphatic heterocycles. The van der Waals surface area contributed by atoms with Crippen LogP contribution in [0.1, 0.15) is 30.3 Å². The highest BCUT2D eigenvalue weighted by molar-refractivity contribution is 5.91. The second-order valence-corrected chi connectivity index (χ2v) is 3.62. The Kier molecular flexibility index (Phi) is 4.72. The number of carbonyl (C=O) groups excluding carboxylic acids is 1. The predicted molar refractivity (Wildman–Crippen MR) is 64.1 cm³/mol. The molecule has 1 heterocycles. The Balaban J connectivity index is 2.72. The highest BCUT2D eigenvalue weighted by Gasteiger charge is 2.07. The van der Waals surface area contributed by atoms with Crippen LogP contribution < -0.4 is 16.8 Å². The fraction of sp³-hybridized carbons (Fsp3) is 0.455. The summed E-state index contributed by atoms with van der Waals surface area (Å²) in [6, 6.07) is 3.78. The first-order valence-corrected chi connectivity index (χ1v) is 5.39. The summed E-state index contributed by atoms with van der Waals surface area (Å²) >= 11 is 0. The summed E-state index contributed by atoms with van der Waals surface area (Å²) in [6.45, 7) is 2.72. The molecule has 1 atom stereocenters. The zero-order valence-electron chi connectivity index (χ0n) is 9.44. The van der Waals surface area contributed by atoms with Crippen molar-refractivity contribution in [1.29, 1.82) is 0 Å². The first kappa shape index (κ1) is 12.4. The molecule has 0 aliphatic rings. The van der Waals surface area contributed by atoms with Crippen LogP contribution in [-0.4, -0.2) is 23.5 Å². The van der Waals surface area contributed by atoms with Gasteiger partial charge in [-0.1, -0.05) is 6.92 Å². The Labute approximate surface area is 95.2 Å². The summed E-state index contributed by atoms with van der Waals surface area (Å²) < 4.78 is 0. The number of nitrogens with one attached hydrogen (secondary N) is 1. The lowest BCUT2D eigenvalue weighted by molar-refractivity contribution is 0.0995. The van der Waals surface area contributed by atoms with Gasteiger partial charge >= 0.3 is 0 Å². The van der Waals surface area contributed by atoms with E-state index in [1.54, 1.807) is 12.3 Å². The van der Waals surface area contributed by atoms with Gasteiger partial charge in [0.1, 0.15) is 5.69 Å². The third kappa shape index (κ3) is 3.51. The van der Waals surface area contributed by atoms with Gasteiger partial charge in [-0.15, -0.1) is 0 Å². The second-order valence-electron chi connectivity index (χ2n) is 3.62. The van der Waals surface area contributed by atoms with Crippen molar-refractivity contribution in [2.45, 2.75) is 25.8 Å². The number of nitrogens with zero attached hydrogens (tertiary/aromatic N) is 1. The summed E-state index contributed by atoms with van der Waals surface area (Å²) in [5.41, 5.74) is 11.8. The number of pyridine rings is 1. The third-order valence-corrected chi connectivity index (χ3v) is 2.39. The summed E-state index contributed by atoms with van der Waals surface area (Å²) in [7, 11) is 0. The predicted octanol–water partition coefficient (Wildman–Crippen LogP) is 0.720. The molecule has 1 rings (SSSR count). The number of carbonyl (C=O) groups is 1. The maximum absolute atomic E-state index is 10.9. The number of nitrogens with two attached hydrogens (primary N) is 2. The Morgan fingerprint density at radius 3 is 2.94 bits per heavy atom. The molecule has 5 nitrogen and oxygen atoms in total. The minimum atomic E-state index is -0.518. The monoisotopic (exact) mass is 222 g/mol. The Bertz CT molecular complexity index is 354. The van der Waals surface area contributed by atoms with E-state index in [2.05, 4.69) is 17.2 Å². The van der Waals surface area contributed by atoms with Gasteiger partial charge in [0.25, 0.3) is 5.91 Å². The van der Waals surface area contributed by atoms with Crippen LogP contribution in [0.15, 0.2) is 18.3 Å². The molecule has 1 aromatic rings. The zero-order chi connectivity index (χ0) is 12.0. The minimum absolute atomic E-state index is 0.271. The van der Waals surface area contributed by atoms with Crippen LogP contribution in [0.5, 0.6) is 0 Å². The van der Waals surface area contributed by atoms with Crippen LogP contribution in [0.3, 0.4) is 0 Å². The van der Waals surface area contributed by atoms with Gasteiger partial charge in [0.15, 0.2) is 0 Å². The molecule has 1 unspecified atom stereocenters. The molecule has 0 spiro atoms. The number of amides is 1. The van der Waals surface area contributed by atoms with Crippen molar-refractivity contribution in [3.8, 4) is 0 Å². The van der Waals surface area contributed by atoms with Gasteiger partial charge in [0, 0.05) is 17.9 Å². The van der Waals surface area contributed by atoms with E-state index in [4.69, 9.17) is 11.5 Å². The van der Waals surface area contributed by atoms with E-state index in [9.17, 15) is 4.79 Å². The molecule has 0 fully saturated rings. The molecule has 5 heteroatoms. The molecule has 88 valence electrons. The Hall–Kier alpha value is -1.62. The average molecular weight is 222 g/mol. The Morgan fingerprint density at radius 1 is 1.62 bits per heavy atom. The van der Waals surface area contributed by atoms with E-state index in [0.29, 0.717) is 12.6 Å². The van der Waals surface area contributed by atoms with E-state index in [1.807, 2.05) is 6.07 Å². The fourth-order valence-electron chi connectivity index (χ4n) is 1.47. The molecule has 0 bridgehead atoms. The third-order valence-electron chi connectivity index (χ3n) is 2.39. The van der Waals surface area contributed by atoms with Crippen molar-refractivity contribution in [2.24, 2.45) is 11.5 Å². The Morgan fingerprint density at radius 2 is 2.38 bits per heavy atom. The lowest BCUT2D eigenvalue weighted by atomic mass is 10.1. The lowest BCUT2D eigenvalue weighted by Crippen LogP contribution is -2.22. The van der Waals surface area contributed by atoms with Crippen molar-refractivity contribution in [1.82, 2.24) is 4.98 Å². The molecule has 0 saturated carbocycles. The quantitative estimate of drug-likeness (QED) is 0.661. The largest absolute Gasteiger partial charge is 0.382 e. The molecular formula is C11H18N4O. The van der Waals surface area contributed by atoms with Crippen LogP contribution in [0.25, 0.3) is 0 Å². The maximum Gasteiger partial charge on any atom is 0.267 e. The van der Waals surface area contributed by atoms with Gasteiger partial charge in [0.2, 0.25) is 0 Å². The molecule has 1 amide bonds. The summed E-state index contributed by atoms with van der Waals surface area (Å²) in [5.74, 6) is -0.518. The van der Waals surface area contributed by atoms with Crippen molar-refractivity contribution in [3.63, 3.8) is 0 Å². The van der Waals surface area contributed by atoms with Crippen molar-refractivity contribution in [2.75, 3.05) is 11.9 Å². The first-order chi connectivity index (χ1) is 7.67. The number of anilines is 1. The molecule has 0 aliphatic carbocycles. The molecule has 0 aromatic carbocycles. The molecular weight excluding hydrogens is 204 g/mol. The number of hydrogen-bond donors (Lipinski definition) is 3. The topological polar surface area (TPSA) is 94.0 Å². The van der Waals surface area contributed by atoms with Gasteiger partial charge in [-0.05, 0) is 31.5 Å². The average Bonchev–Trinajstić information content (AvgIpc) is 2.29. The van der Waals surface area contributed by atoms with Crippen molar-refractivity contribution < 1.29 is 4.79 Å². The fourth-order valence-corrected chi connectivity index (χ4v) is 1.47. The molecule has 0 saturated heterocycles. The normalized spacial score (nSPS) is 12.1. The summed E-state index contributed by atoms with van der Waals surface area (Å²) in [5, 5.41) is 3.30. The van der Waals surface area contributed by atoms with Gasteiger partial charge < -0.3 is 16.8 Å². The van der Waals surface area contributed by atoms with Crippen LogP contribution in [0.2, 0.25) is 0 Å². The summed E-state index contributed by atoms with van der Waals surface area (Å²) in [6.07, 6.45) is 3.44. The SMILES string of the molecule is CCC(CCN)Nc1ccnc(C(N)=O)c1. The van der Waals surface area contributed by atoms with Crippen molar-refractivity contribution >= 4 is 11.6 Å². The van der Waals surface area contributed by atoms with Crippen LogP contribution in [0, 0.1) is 0 Å². The van der Waals surface area contributed by atoms with Gasteiger partial charge in [-0.3, -0.25) is 9.78 Å². The van der Waals surface area contributed by atoms with E-state index in [-0.39, 0.29) is 5.69 Å². The van der Waals surface area contributed by atoms with Crippen molar-refractivity contribution in [3.05, 3.63) is 24.0 Å². The minimum Gasteiger partial charge on any atom is -0.382 e. The van der Waals surface area contributed by atoms with Gasteiger partial charge in [-0.2, -0.15) is 0 Å². The number of aromatic nitrogens is 1. The van der Waals surface area contributed by atoms with Crippen LogP contribution >= 0.6 is 0 Å². The number of rotatable bonds is 6. The number of primary amides is 1. The van der Waals surface area contributed by atoms with E-state index < -0.39 is 5.91 Å². The summed E-state index contributed by atoms with van der Waals surface area (Å²) in [4.78, 5) is 14.8. The second kappa shape index (κ2) is 6.07. The van der Waals surface area contributed by atoms with Crippen LogP contribution in [-0.2, 0) is 0 Å².